The number of aromatic nitrogens is 2. The molecule has 0 saturated heterocycles. The number of fused-ring (bicyclic) bond motifs is 1. The number of hydrogen-bond acceptors (Lipinski definition) is 2. The van der Waals surface area contributed by atoms with Gasteiger partial charge in [-0.25, -0.2) is 4.98 Å². The summed E-state index contributed by atoms with van der Waals surface area (Å²) in [7, 11) is 0. The molecule has 1 N–H and O–H groups in total. The zero-order valence-corrected chi connectivity index (χ0v) is 12.6. The molecule has 0 spiro atoms. The number of H-pyrrole nitrogens is 1. The second kappa shape index (κ2) is 5.97. The lowest BCUT2D eigenvalue weighted by atomic mass is 10.1. The normalized spacial score (nSPS) is 10.8. The van der Waals surface area contributed by atoms with Crippen LogP contribution in [0.4, 0.5) is 0 Å². The summed E-state index contributed by atoms with van der Waals surface area (Å²) < 4.78 is 5.97. The molecule has 0 aliphatic rings. The molecule has 1 aromatic heterocycles. The second-order valence-electron chi connectivity index (χ2n) is 5.41. The summed E-state index contributed by atoms with van der Waals surface area (Å²) in [5.41, 5.74) is 3.09. The fourth-order valence-corrected chi connectivity index (χ4v) is 2.63. The van der Waals surface area contributed by atoms with Crippen LogP contribution < -0.4 is 4.74 Å². The molecule has 4 aromatic rings. The highest BCUT2D eigenvalue weighted by molar-refractivity contribution is 5.82. The van der Waals surface area contributed by atoms with Crippen molar-refractivity contribution >= 4 is 11.0 Å². The largest absolute Gasteiger partial charge is 0.455 e. The summed E-state index contributed by atoms with van der Waals surface area (Å²) in [6, 6.07) is 26.0. The third-order valence-electron chi connectivity index (χ3n) is 3.71. The van der Waals surface area contributed by atoms with Crippen molar-refractivity contribution in [1.82, 2.24) is 9.97 Å². The van der Waals surface area contributed by atoms with Gasteiger partial charge in [-0.15, -0.1) is 0 Å². The molecule has 0 unspecified atom stereocenters. The number of nitrogens with one attached hydrogen (secondary N) is 1. The third-order valence-corrected chi connectivity index (χ3v) is 3.71. The summed E-state index contributed by atoms with van der Waals surface area (Å²) in [6.07, 6.45) is 0.778. The van der Waals surface area contributed by atoms with Gasteiger partial charge in [-0.1, -0.05) is 54.6 Å². The van der Waals surface area contributed by atoms with E-state index >= 15 is 0 Å². The van der Waals surface area contributed by atoms with Gasteiger partial charge in [-0.3, -0.25) is 0 Å². The van der Waals surface area contributed by atoms with Crippen LogP contribution in [0.3, 0.4) is 0 Å². The Morgan fingerprint density at radius 3 is 2.30 bits per heavy atom. The molecule has 4 rings (SSSR count). The molecular weight excluding hydrogens is 284 g/mol. The quantitative estimate of drug-likeness (QED) is 0.579. The lowest BCUT2D eigenvalue weighted by Crippen LogP contribution is -1.89. The Balaban J connectivity index is 1.67. The van der Waals surface area contributed by atoms with Gasteiger partial charge in [0.1, 0.15) is 17.1 Å². The summed E-state index contributed by atoms with van der Waals surface area (Å²) >= 11 is 0. The predicted octanol–water partition coefficient (Wildman–Crippen LogP) is 4.95. The van der Waals surface area contributed by atoms with Crippen LogP contribution in [0, 0.1) is 0 Å². The topological polar surface area (TPSA) is 37.9 Å². The highest BCUT2D eigenvalue weighted by atomic mass is 16.5. The number of para-hydroxylation sites is 2. The van der Waals surface area contributed by atoms with Gasteiger partial charge >= 0.3 is 0 Å². The van der Waals surface area contributed by atoms with E-state index in [1.54, 1.807) is 0 Å². The van der Waals surface area contributed by atoms with E-state index in [1.165, 1.54) is 5.56 Å². The highest BCUT2D eigenvalue weighted by Gasteiger charge is 2.09. The van der Waals surface area contributed by atoms with E-state index in [0.717, 1.165) is 34.8 Å². The van der Waals surface area contributed by atoms with Crippen LogP contribution in [0.2, 0.25) is 0 Å². The Kier molecular flexibility index (Phi) is 3.53. The van der Waals surface area contributed by atoms with Crippen molar-refractivity contribution in [1.29, 1.82) is 0 Å². The lowest BCUT2D eigenvalue weighted by Gasteiger charge is -2.05. The molecule has 0 aliphatic carbocycles. The van der Waals surface area contributed by atoms with Crippen LogP contribution >= 0.6 is 0 Å². The van der Waals surface area contributed by atoms with Crippen molar-refractivity contribution in [3.8, 4) is 11.5 Å². The number of rotatable bonds is 4. The van der Waals surface area contributed by atoms with Crippen molar-refractivity contribution < 1.29 is 4.74 Å². The highest BCUT2D eigenvalue weighted by Crippen LogP contribution is 2.28. The Morgan fingerprint density at radius 1 is 0.783 bits per heavy atom. The van der Waals surface area contributed by atoms with Crippen LogP contribution in [0.1, 0.15) is 11.4 Å². The minimum Gasteiger partial charge on any atom is -0.455 e. The van der Waals surface area contributed by atoms with Gasteiger partial charge in [0.25, 0.3) is 0 Å². The maximum Gasteiger partial charge on any atom is 0.155 e. The maximum atomic E-state index is 5.97. The molecule has 1 heterocycles. The first-order valence-electron chi connectivity index (χ1n) is 7.63. The van der Waals surface area contributed by atoms with Crippen molar-refractivity contribution in [2.75, 3.05) is 0 Å². The van der Waals surface area contributed by atoms with Gasteiger partial charge in [0, 0.05) is 6.42 Å². The van der Waals surface area contributed by atoms with Crippen molar-refractivity contribution in [3.05, 3.63) is 90.3 Å². The molecule has 0 amide bonds. The van der Waals surface area contributed by atoms with E-state index < -0.39 is 0 Å². The zero-order valence-electron chi connectivity index (χ0n) is 12.6. The number of nitrogens with zero attached hydrogens (tertiary/aromatic N) is 1. The molecule has 112 valence electrons. The van der Waals surface area contributed by atoms with Gasteiger partial charge in [-0.2, -0.15) is 0 Å². The maximum absolute atomic E-state index is 5.97. The van der Waals surface area contributed by atoms with E-state index in [2.05, 4.69) is 17.1 Å². The van der Waals surface area contributed by atoms with Gasteiger partial charge in [0.05, 0.1) is 5.52 Å². The molecule has 3 aromatic carbocycles. The number of aromatic amines is 1. The standard InChI is InChI=1S/C20H16N2O/c1-3-8-15(9-4-1)14-19-21-17-12-7-13-18(20(17)22-19)23-16-10-5-2-6-11-16/h1-13H,14H2,(H,21,22). The number of benzene rings is 3. The van der Waals surface area contributed by atoms with E-state index in [0.29, 0.717) is 0 Å². The average Bonchev–Trinajstić information content (AvgIpc) is 3.00. The van der Waals surface area contributed by atoms with E-state index in [4.69, 9.17) is 9.72 Å². The number of hydrogen-bond donors (Lipinski definition) is 1. The summed E-state index contributed by atoms with van der Waals surface area (Å²) in [6.45, 7) is 0. The first-order chi connectivity index (χ1) is 11.4. The first-order valence-corrected chi connectivity index (χ1v) is 7.63. The second-order valence-corrected chi connectivity index (χ2v) is 5.41. The van der Waals surface area contributed by atoms with Crippen molar-refractivity contribution in [2.45, 2.75) is 6.42 Å². The molecule has 0 saturated carbocycles. The molecule has 0 bridgehead atoms. The molecular formula is C20H16N2O. The fourth-order valence-electron chi connectivity index (χ4n) is 2.63. The first kappa shape index (κ1) is 13.6. The summed E-state index contributed by atoms with van der Waals surface area (Å²) in [5, 5.41) is 0. The molecule has 23 heavy (non-hydrogen) atoms. The van der Waals surface area contributed by atoms with Crippen LogP contribution in [0.15, 0.2) is 78.9 Å². The van der Waals surface area contributed by atoms with Crippen LogP contribution in [0.5, 0.6) is 11.5 Å². The summed E-state index contributed by atoms with van der Waals surface area (Å²) in [4.78, 5) is 8.10. The summed E-state index contributed by atoms with van der Waals surface area (Å²) in [5.74, 6) is 2.52. The van der Waals surface area contributed by atoms with Gasteiger partial charge in [-0.05, 0) is 29.8 Å². The van der Waals surface area contributed by atoms with Crippen LogP contribution in [0.25, 0.3) is 11.0 Å². The molecule has 0 fully saturated rings. The average molecular weight is 300 g/mol. The lowest BCUT2D eigenvalue weighted by molar-refractivity contribution is 0.487. The van der Waals surface area contributed by atoms with E-state index in [9.17, 15) is 0 Å². The van der Waals surface area contributed by atoms with Gasteiger partial charge < -0.3 is 9.72 Å². The fraction of sp³-hybridized carbons (Fsp3) is 0.0500. The number of imidazole rings is 1. The third kappa shape index (κ3) is 2.94. The monoisotopic (exact) mass is 300 g/mol. The van der Waals surface area contributed by atoms with Crippen LogP contribution in [-0.2, 0) is 6.42 Å². The Hall–Kier alpha value is -3.07. The van der Waals surface area contributed by atoms with Crippen LogP contribution in [-0.4, -0.2) is 9.97 Å². The SMILES string of the molecule is c1ccc(Cc2nc3c(Oc4ccccc4)cccc3[nH]2)cc1. The van der Waals surface area contributed by atoms with E-state index in [-0.39, 0.29) is 0 Å². The predicted molar refractivity (Wildman–Crippen MR) is 91.9 cm³/mol. The molecule has 0 atom stereocenters. The van der Waals surface area contributed by atoms with Crippen molar-refractivity contribution in [3.63, 3.8) is 0 Å². The Bertz CT molecular complexity index is 914. The zero-order chi connectivity index (χ0) is 15.5. The van der Waals surface area contributed by atoms with Crippen molar-refractivity contribution in [2.24, 2.45) is 0 Å². The smallest absolute Gasteiger partial charge is 0.155 e. The molecule has 3 heteroatoms. The Morgan fingerprint density at radius 2 is 1.52 bits per heavy atom. The van der Waals surface area contributed by atoms with E-state index in [1.807, 2.05) is 66.7 Å². The molecule has 0 radical (unpaired) electrons. The minimum atomic E-state index is 0.768. The molecule has 3 nitrogen and oxygen atoms in total. The van der Waals surface area contributed by atoms with Gasteiger partial charge in [0.2, 0.25) is 0 Å². The minimum absolute atomic E-state index is 0.768. The molecule has 0 aliphatic heterocycles. The van der Waals surface area contributed by atoms with Gasteiger partial charge in [0.15, 0.2) is 5.75 Å². The Labute approximate surface area is 134 Å². The number of ether oxygens (including phenoxy) is 1.